The van der Waals surface area contributed by atoms with E-state index in [1.54, 1.807) is 13.5 Å². The zero-order chi connectivity index (χ0) is 12.1. The van der Waals surface area contributed by atoms with Crippen LogP contribution in [-0.4, -0.2) is 41.3 Å². The van der Waals surface area contributed by atoms with Gasteiger partial charge >= 0.3 is 14.7 Å². The molecule has 0 aromatic rings. The van der Waals surface area contributed by atoms with Crippen molar-refractivity contribution < 1.29 is 26.8 Å². The Morgan fingerprint density at radius 3 is 2.00 bits per heavy atom. The molecule has 0 aromatic carbocycles. The average Bonchev–Trinajstić information content (AvgIpc) is 2.14. The van der Waals surface area contributed by atoms with Crippen LogP contribution < -0.4 is 0 Å². The first-order valence-electron chi connectivity index (χ1n) is 4.54. The van der Waals surface area contributed by atoms with Crippen LogP contribution in [0.4, 0.5) is 13.2 Å². The maximum Gasteiger partial charge on any atom is 0.391 e. The van der Waals surface area contributed by atoms with E-state index in [1.807, 2.05) is 0 Å². The van der Waals surface area contributed by atoms with Crippen molar-refractivity contribution in [1.29, 1.82) is 0 Å². The van der Waals surface area contributed by atoms with E-state index in [-0.39, 0.29) is 6.61 Å². The highest BCUT2D eigenvalue weighted by Crippen LogP contribution is 2.21. The molecule has 0 bridgehead atoms. The monoisotopic (exact) mass is 246 g/mol. The molecule has 0 aromatic heterocycles. The maximum atomic E-state index is 11.8. The lowest BCUT2D eigenvalue weighted by molar-refractivity contribution is -0.147. The second-order valence-electron chi connectivity index (χ2n) is 3.30. The number of ether oxygens (including phenoxy) is 1. The number of rotatable bonds is 6. The molecule has 0 aliphatic heterocycles. The molecule has 1 atom stereocenters. The summed E-state index contributed by atoms with van der Waals surface area (Å²) in [5, 5.41) is 0. The van der Waals surface area contributed by atoms with Gasteiger partial charge in [-0.05, 0) is 13.5 Å². The molecule has 0 radical (unpaired) electrons. The van der Waals surface area contributed by atoms with E-state index in [4.69, 9.17) is 13.6 Å². The van der Waals surface area contributed by atoms with Gasteiger partial charge in [-0.3, -0.25) is 0 Å². The zero-order valence-electron chi connectivity index (χ0n) is 9.35. The number of hydrogen-bond acceptors (Lipinski definition) is 3. The smallest absolute Gasteiger partial charge is 0.391 e. The minimum absolute atomic E-state index is 0.361. The fourth-order valence-electron chi connectivity index (χ4n) is 0.918. The summed E-state index contributed by atoms with van der Waals surface area (Å²) in [6.07, 6.45) is -5.13. The lowest BCUT2D eigenvalue weighted by atomic mass is 10.4. The second kappa shape index (κ2) is 5.83. The molecule has 0 aliphatic rings. The summed E-state index contributed by atoms with van der Waals surface area (Å²) in [5.74, 6) is 0. The number of alkyl halides is 3. The van der Waals surface area contributed by atoms with Crippen molar-refractivity contribution in [3.63, 3.8) is 0 Å². The van der Waals surface area contributed by atoms with Crippen LogP contribution in [0.5, 0.6) is 0 Å². The predicted molar refractivity (Wildman–Crippen MR) is 51.7 cm³/mol. The van der Waals surface area contributed by atoms with Gasteiger partial charge in [0, 0.05) is 14.2 Å². The lowest BCUT2D eigenvalue weighted by Gasteiger charge is -2.29. The van der Waals surface area contributed by atoms with E-state index >= 15 is 0 Å². The summed E-state index contributed by atoms with van der Waals surface area (Å²) < 4.78 is 50.8. The molecular formula is C8H17F3O3Si. The molecule has 0 fully saturated rings. The van der Waals surface area contributed by atoms with E-state index in [0.717, 1.165) is 0 Å². The summed E-state index contributed by atoms with van der Waals surface area (Å²) >= 11 is 0. The third-order valence-electron chi connectivity index (χ3n) is 2.30. The van der Waals surface area contributed by atoms with Gasteiger partial charge in [-0.15, -0.1) is 0 Å². The fourth-order valence-corrected chi connectivity index (χ4v) is 2.17. The van der Waals surface area contributed by atoms with E-state index < -0.39 is 26.9 Å². The second-order valence-corrected chi connectivity index (χ2v) is 6.96. The highest BCUT2D eigenvalue weighted by Gasteiger charge is 2.38. The first-order chi connectivity index (χ1) is 6.75. The van der Waals surface area contributed by atoms with Crippen molar-refractivity contribution in [2.75, 3.05) is 20.8 Å². The van der Waals surface area contributed by atoms with Crippen LogP contribution in [0.2, 0.25) is 6.55 Å². The molecular weight excluding hydrogens is 229 g/mol. The lowest BCUT2D eigenvalue weighted by Crippen LogP contribution is -2.49. The zero-order valence-corrected chi connectivity index (χ0v) is 10.4. The van der Waals surface area contributed by atoms with E-state index in [9.17, 15) is 13.2 Å². The fraction of sp³-hybridized carbons (Fsp3) is 1.00. The van der Waals surface area contributed by atoms with Crippen molar-refractivity contribution in [3.05, 3.63) is 0 Å². The third-order valence-corrected chi connectivity index (χ3v) is 5.57. The molecule has 0 saturated heterocycles. The highest BCUT2D eigenvalue weighted by molar-refractivity contribution is 6.67. The minimum Gasteiger partial charge on any atom is -0.396 e. The van der Waals surface area contributed by atoms with Crippen LogP contribution in [0, 0.1) is 0 Å². The van der Waals surface area contributed by atoms with Crippen molar-refractivity contribution in [1.82, 2.24) is 0 Å². The van der Waals surface area contributed by atoms with Crippen LogP contribution in [0.25, 0.3) is 0 Å². The van der Waals surface area contributed by atoms with Gasteiger partial charge in [0.25, 0.3) is 0 Å². The molecule has 92 valence electrons. The van der Waals surface area contributed by atoms with Gasteiger partial charge in [-0.2, -0.15) is 13.2 Å². The Hall–Kier alpha value is -0.113. The topological polar surface area (TPSA) is 27.7 Å². The van der Waals surface area contributed by atoms with Crippen LogP contribution in [0.3, 0.4) is 0 Å². The summed E-state index contributed by atoms with van der Waals surface area (Å²) in [6, 6.07) is 0. The standard InChI is InChI=1S/C8H17F3O3Si/c1-7(15(4,12-2)13-3)14-6-5-8(9,10)11/h7H,5-6H2,1-4H3. The van der Waals surface area contributed by atoms with E-state index in [2.05, 4.69) is 0 Å². The Balaban J connectivity index is 3.97. The van der Waals surface area contributed by atoms with Gasteiger partial charge < -0.3 is 13.6 Å². The van der Waals surface area contributed by atoms with Gasteiger partial charge in [0.2, 0.25) is 0 Å². The molecule has 1 unspecified atom stereocenters. The number of hydrogen-bond donors (Lipinski definition) is 0. The largest absolute Gasteiger partial charge is 0.396 e. The molecule has 0 N–H and O–H groups in total. The number of halogens is 3. The Labute approximate surface area is 88.8 Å². The molecule has 0 spiro atoms. The molecule has 15 heavy (non-hydrogen) atoms. The van der Waals surface area contributed by atoms with Crippen LogP contribution in [-0.2, 0) is 13.6 Å². The quantitative estimate of drug-likeness (QED) is 0.673. The van der Waals surface area contributed by atoms with Gasteiger partial charge in [0.1, 0.15) is 0 Å². The summed E-state index contributed by atoms with van der Waals surface area (Å²) in [7, 11) is 0.456. The van der Waals surface area contributed by atoms with Gasteiger partial charge in [0.15, 0.2) is 0 Å². The maximum absolute atomic E-state index is 11.8. The van der Waals surface area contributed by atoms with Crippen molar-refractivity contribution in [2.24, 2.45) is 0 Å². The van der Waals surface area contributed by atoms with Gasteiger partial charge in [-0.25, -0.2) is 0 Å². The molecule has 0 rings (SSSR count). The highest BCUT2D eigenvalue weighted by atomic mass is 28.4. The molecule has 0 aliphatic carbocycles. The Morgan fingerprint density at radius 1 is 1.20 bits per heavy atom. The molecule has 0 amide bonds. The van der Waals surface area contributed by atoms with E-state index in [0.29, 0.717) is 0 Å². The first-order valence-corrected chi connectivity index (χ1v) is 6.93. The first kappa shape index (κ1) is 14.9. The summed E-state index contributed by atoms with van der Waals surface area (Å²) in [4.78, 5) is 0. The molecule has 7 heteroatoms. The van der Waals surface area contributed by atoms with Gasteiger partial charge in [-0.1, -0.05) is 0 Å². The predicted octanol–water partition coefficient (Wildman–Crippen LogP) is 2.25. The normalized spacial score (nSPS) is 15.4. The molecule has 0 saturated carbocycles. The van der Waals surface area contributed by atoms with Crippen molar-refractivity contribution >= 4 is 8.56 Å². The van der Waals surface area contributed by atoms with Crippen LogP contribution >= 0.6 is 0 Å². The molecule has 0 heterocycles. The van der Waals surface area contributed by atoms with Crippen molar-refractivity contribution in [3.8, 4) is 0 Å². The van der Waals surface area contributed by atoms with Crippen LogP contribution in [0.15, 0.2) is 0 Å². The van der Waals surface area contributed by atoms with Crippen molar-refractivity contribution in [2.45, 2.75) is 31.8 Å². The Morgan fingerprint density at radius 2 is 1.67 bits per heavy atom. The third kappa shape index (κ3) is 5.50. The van der Waals surface area contributed by atoms with Crippen LogP contribution in [0.1, 0.15) is 13.3 Å². The van der Waals surface area contributed by atoms with E-state index in [1.165, 1.54) is 14.2 Å². The molecule has 3 nitrogen and oxygen atoms in total. The Bertz CT molecular complexity index is 182. The Kier molecular flexibility index (Phi) is 5.79. The van der Waals surface area contributed by atoms with Gasteiger partial charge in [0.05, 0.1) is 18.8 Å². The SMILES string of the molecule is CO[Si](C)(OC)C(C)OCCC(F)(F)F. The summed E-state index contributed by atoms with van der Waals surface area (Å²) in [6.45, 7) is 3.04. The minimum atomic E-state index is -4.18. The summed E-state index contributed by atoms with van der Waals surface area (Å²) in [5.41, 5.74) is -0.435. The average molecular weight is 246 g/mol.